The summed E-state index contributed by atoms with van der Waals surface area (Å²) in [5.74, 6) is -0.130. The highest BCUT2D eigenvalue weighted by Crippen LogP contribution is 2.15. The molecule has 1 amide bonds. The lowest BCUT2D eigenvalue weighted by atomic mass is 10.0. The number of hydrogen-bond acceptors (Lipinski definition) is 5. The van der Waals surface area contributed by atoms with Crippen molar-refractivity contribution in [2.24, 2.45) is 0 Å². The molecular formula is C52H99NO5. The molecule has 0 aromatic heterocycles. The molecule has 342 valence electrons. The molecule has 0 saturated carbocycles. The molecule has 2 unspecified atom stereocenters. The lowest BCUT2D eigenvalue weighted by Crippen LogP contribution is -2.45. The first-order chi connectivity index (χ1) is 28.5. The minimum absolute atomic E-state index is 0.0348. The van der Waals surface area contributed by atoms with Crippen LogP contribution in [0.5, 0.6) is 0 Å². The van der Waals surface area contributed by atoms with Crippen LogP contribution in [-0.2, 0) is 14.3 Å². The Balaban J connectivity index is 3.53. The summed E-state index contributed by atoms with van der Waals surface area (Å²) >= 11 is 0. The van der Waals surface area contributed by atoms with Crippen LogP contribution in [0.15, 0.2) is 24.3 Å². The maximum absolute atomic E-state index is 12.4. The molecule has 0 rings (SSSR count). The molecule has 58 heavy (non-hydrogen) atoms. The van der Waals surface area contributed by atoms with Gasteiger partial charge in [0.1, 0.15) is 0 Å². The van der Waals surface area contributed by atoms with Gasteiger partial charge in [0.25, 0.3) is 0 Å². The van der Waals surface area contributed by atoms with Crippen LogP contribution in [0.4, 0.5) is 0 Å². The summed E-state index contributed by atoms with van der Waals surface area (Å²) in [5, 5.41) is 23.0. The zero-order valence-electron chi connectivity index (χ0n) is 38.8. The summed E-state index contributed by atoms with van der Waals surface area (Å²) in [6, 6.07) is -0.648. The molecule has 0 aliphatic carbocycles. The van der Waals surface area contributed by atoms with Crippen molar-refractivity contribution >= 4 is 11.9 Å². The monoisotopic (exact) mass is 818 g/mol. The summed E-state index contributed by atoms with van der Waals surface area (Å²) in [7, 11) is 0. The highest BCUT2D eigenvalue weighted by atomic mass is 16.5. The van der Waals surface area contributed by atoms with E-state index in [9.17, 15) is 19.8 Å². The SMILES string of the molecule is CCCCCCCCC/C=C\CCCCCCCC(=O)OCCCCCCCCCCCC(=O)NC(CO)C(O)/C=C/CCCCCCCCCCCCCCCC. The summed E-state index contributed by atoms with van der Waals surface area (Å²) in [6.45, 7) is 4.83. The third kappa shape index (κ3) is 43.9. The fourth-order valence-electron chi connectivity index (χ4n) is 7.74. The third-order valence-corrected chi connectivity index (χ3v) is 11.7. The quantitative estimate of drug-likeness (QED) is 0.0323. The minimum atomic E-state index is -0.862. The first kappa shape index (κ1) is 56.3. The molecule has 0 spiro atoms. The molecular weight excluding hydrogens is 719 g/mol. The zero-order chi connectivity index (χ0) is 42.3. The Kier molecular flexibility index (Phi) is 46.6. The lowest BCUT2D eigenvalue weighted by molar-refractivity contribution is -0.143. The number of nitrogens with one attached hydrogen (secondary N) is 1. The molecule has 0 aliphatic rings. The van der Waals surface area contributed by atoms with Gasteiger partial charge in [-0.2, -0.15) is 0 Å². The van der Waals surface area contributed by atoms with Crippen molar-refractivity contribution in [2.75, 3.05) is 13.2 Å². The molecule has 0 heterocycles. The number of esters is 1. The molecule has 0 bridgehead atoms. The van der Waals surface area contributed by atoms with Gasteiger partial charge in [0.15, 0.2) is 0 Å². The van der Waals surface area contributed by atoms with Crippen molar-refractivity contribution in [3.05, 3.63) is 24.3 Å². The van der Waals surface area contributed by atoms with E-state index < -0.39 is 12.1 Å². The standard InChI is InChI=1S/C52H99NO5/c1-3-5-7-9-11-13-15-17-19-21-23-25-28-32-36-40-44-50(55)49(48-54)53-51(56)45-41-37-33-29-27-31-35-39-43-47-58-52(57)46-42-38-34-30-26-24-22-20-18-16-14-12-10-8-6-4-2/h20,22,40,44,49-50,54-55H,3-19,21,23-39,41-43,45-48H2,1-2H3,(H,53,56)/b22-20-,44-40+. The normalized spacial score (nSPS) is 12.8. The zero-order valence-corrected chi connectivity index (χ0v) is 38.8. The maximum Gasteiger partial charge on any atom is 0.305 e. The van der Waals surface area contributed by atoms with Gasteiger partial charge in [-0.25, -0.2) is 0 Å². The Hall–Kier alpha value is -1.66. The molecule has 6 nitrogen and oxygen atoms in total. The Morgan fingerprint density at radius 3 is 1.22 bits per heavy atom. The van der Waals surface area contributed by atoms with E-state index in [4.69, 9.17) is 4.74 Å². The number of hydrogen-bond donors (Lipinski definition) is 3. The topological polar surface area (TPSA) is 95.9 Å². The number of unbranched alkanes of at least 4 members (excludes halogenated alkanes) is 34. The number of rotatable bonds is 47. The highest BCUT2D eigenvalue weighted by molar-refractivity contribution is 5.76. The van der Waals surface area contributed by atoms with Crippen LogP contribution < -0.4 is 5.32 Å². The van der Waals surface area contributed by atoms with E-state index in [1.807, 2.05) is 6.08 Å². The van der Waals surface area contributed by atoms with Gasteiger partial charge in [-0.1, -0.05) is 224 Å². The van der Waals surface area contributed by atoms with Crippen LogP contribution in [0.2, 0.25) is 0 Å². The van der Waals surface area contributed by atoms with Crippen molar-refractivity contribution in [3.8, 4) is 0 Å². The van der Waals surface area contributed by atoms with Gasteiger partial charge in [0, 0.05) is 12.8 Å². The van der Waals surface area contributed by atoms with Gasteiger partial charge < -0.3 is 20.3 Å². The van der Waals surface area contributed by atoms with E-state index in [2.05, 4.69) is 31.3 Å². The highest BCUT2D eigenvalue weighted by Gasteiger charge is 2.18. The molecule has 0 fully saturated rings. The van der Waals surface area contributed by atoms with Gasteiger partial charge in [0.2, 0.25) is 5.91 Å². The number of carbonyl (C=O) groups is 2. The Bertz CT molecular complexity index is 904. The first-order valence-electron chi connectivity index (χ1n) is 25.6. The molecule has 0 aliphatic heterocycles. The average Bonchev–Trinajstić information content (AvgIpc) is 3.22. The minimum Gasteiger partial charge on any atom is -0.466 e. The lowest BCUT2D eigenvalue weighted by Gasteiger charge is -2.20. The van der Waals surface area contributed by atoms with E-state index in [1.165, 1.54) is 186 Å². The van der Waals surface area contributed by atoms with E-state index in [-0.39, 0.29) is 18.5 Å². The van der Waals surface area contributed by atoms with Crippen molar-refractivity contribution in [3.63, 3.8) is 0 Å². The molecule has 0 saturated heterocycles. The van der Waals surface area contributed by atoms with Gasteiger partial charge in [-0.15, -0.1) is 0 Å². The summed E-state index contributed by atoms with van der Waals surface area (Å²) in [5.41, 5.74) is 0. The van der Waals surface area contributed by atoms with Crippen molar-refractivity contribution < 1.29 is 24.5 Å². The summed E-state index contributed by atoms with van der Waals surface area (Å²) in [4.78, 5) is 24.5. The largest absolute Gasteiger partial charge is 0.466 e. The van der Waals surface area contributed by atoms with Crippen molar-refractivity contribution in [2.45, 2.75) is 283 Å². The first-order valence-corrected chi connectivity index (χ1v) is 25.6. The molecule has 6 heteroatoms. The second-order valence-electron chi connectivity index (χ2n) is 17.5. The molecule has 0 radical (unpaired) electrons. The Morgan fingerprint density at radius 1 is 0.466 bits per heavy atom. The fourth-order valence-corrected chi connectivity index (χ4v) is 7.74. The van der Waals surface area contributed by atoms with Crippen LogP contribution in [-0.4, -0.2) is 47.4 Å². The number of amides is 1. The predicted molar refractivity (Wildman–Crippen MR) is 250 cm³/mol. The number of ether oxygens (including phenoxy) is 1. The van der Waals surface area contributed by atoms with Crippen LogP contribution in [0.1, 0.15) is 271 Å². The number of aliphatic hydroxyl groups excluding tert-OH is 2. The molecule has 0 aromatic rings. The van der Waals surface area contributed by atoms with E-state index in [1.54, 1.807) is 6.08 Å². The van der Waals surface area contributed by atoms with E-state index in [0.29, 0.717) is 19.4 Å². The predicted octanol–water partition coefficient (Wildman–Crippen LogP) is 15.1. The molecule has 3 N–H and O–H groups in total. The molecule has 2 atom stereocenters. The fraction of sp³-hybridized carbons (Fsp3) is 0.885. The molecule has 0 aromatic carbocycles. The van der Waals surface area contributed by atoms with Crippen molar-refractivity contribution in [1.82, 2.24) is 5.32 Å². The smallest absolute Gasteiger partial charge is 0.305 e. The third-order valence-electron chi connectivity index (χ3n) is 11.7. The maximum atomic E-state index is 12.4. The number of carbonyl (C=O) groups excluding carboxylic acids is 2. The Labute approximate surface area is 361 Å². The van der Waals surface area contributed by atoms with E-state index >= 15 is 0 Å². The summed E-state index contributed by atoms with van der Waals surface area (Å²) in [6.07, 6.45) is 56.0. The van der Waals surface area contributed by atoms with Gasteiger partial charge >= 0.3 is 5.97 Å². The second kappa shape index (κ2) is 48.0. The van der Waals surface area contributed by atoms with Gasteiger partial charge in [-0.3, -0.25) is 9.59 Å². The Morgan fingerprint density at radius 2 is 0.810 bits per heavy atom. The van der Waals surface area contributed by atoms with Crippen LogP contribution in [0.3, 0.4) is 0 Å². The van der Waals surface area contributed by atoms with Gasteiger partial charge in [-0.05, 0) is 57.8 Å². The van der Waals surface area contributed by atoms with Gasteiger partial charge in [0.05, 0.1) is 25.4 Å². The number of allylic oxidation sites excluding steroid dienone is 3. The van der Waals surface area contributed by atoms with Crippen molar-refractivity contribution in [1.29, 1.82) is 0 Å². The van der Waals surface area contributed by atoms with Crippen LogP contribution in [0, 0.1) is 0 Å². The average molecular weight is 818 g/mol. The van der Waals surface area contributed by atoms with Crippen LogP contribution in [0.25, 0.3) is 0 Å². The summed E-state index contributed by atoms with van der Waals surface area (Å²) < 4.78 is 5.45. The van der Waals surface area contributed by atoms with E-state index in [0.717, 1.165) is 57.8 Å². The number of aliphatic hydroxyl groups is 2. The van der Waals surface area contributed by atoms with Crippen LogP contribution >= 0.6 is 0 Å². The second-order valence-corrected chi connectivity index (χ2v) is 17.5.